The van der Waals surface area contributed by atoms with E-state index in [1.54, 1.807) is 0 Å². The highest BCUT2D eigenvalue weighted by atomic mass is 16.5. The van der Waals surface area contributed by atoms with Gasteiger partial charge in [-0.05, 0) is 39.0 Å². The number of carbonyl (C=O) groups is 1. The Balaban J connectivity index is 2.00. The lowest BCUT2D eigenvalue weighted by molar-refractivity contribution is -0.152. The number of ether oxygens (including phenoxy) is 1. The van der Waals surface area contributed by atoms with E-state index in [-0.39, 0.29) is 0 Å². The van der Waals surface area contributed by atoms with Crippen LogP contribution in [0.1, 0.15) is 51.9 Å². The molecular formula is C12H20O2. The van der Waals surface area contributed by atoms with E-state index in [1.165, 1.54) is 12.8 Å². The average Bonchev–Trinajstić information content (AvgIpc) is 2.70. The molecular weight excluding hydrogens is 176 g/mol. The molecule has 1 heterocycles. The third kappa shape index (κ3) is 1.85. The van der Waals surface area contributed by atoms with Crippen LogP contribution in [0.25, 0.3) is 0 Å². The predicted octanol–water partition coefficient (Wildman–Crippen LogP) is 2.70. The van der Waals surface area contributed by atoms with Crippen LogP contribution in [0.2, 0.25) is 0 Å². The van der Waals surface area contributed by atoms with Gasteiger partial charge in [-0.3, -0.25) is 4.79 Å². The van der Waals surface area contributed by atoms with E-state index in [9.17, 15) is 4.79 Å². The smallest absolute Gasteiger partial charge is 0.167 e. The van der Waals surface area contributed by atoms with Gasteiger partial charge in [0.1, 0.15) is 5.60 Å². The first-order chi connectivity index (χ1) is 6.72. The molecule has 2 aliphatic rings. The molecule has 0 bridgehead atoms. The standard InChI is InChI=1S/C12H20O2/c1-12(8-4-5-9-14-12)11(13)10-6-2-3-7-10/h10H,2-9H2,1H3. The van der Waals surface area contributed by atoms with Crippen molar-refractivity contribution in [3.05, 3.63) is 0 Å². The Bertz CT molecular complexity index is 210. The van der Waals surface area contributed by atoms with Gasteiger partial charge >= 0.3 is 0 Å². The lowest BCUT2D eigenvalue weighted by atomic mass is 9.84. The summed E-state index contributed by atoms with van der Waals surface area (Å²) in [6.07, 6.45) is 7.85. The second-order valence-electron chi connectivity index (χ2n) is 4.88. The normalized spacial score (nSPS) is 34.6. The zero-order chi connectivity index (χ0) is 10.0. The number of hydrogen-bond acceptors (Lipinski definition) is 2. The molecule has 1 unspecified atom stereocenters. The summed E-state index contributed by atoms with van der Waals surface area (Å²) in [5.74, 6) is 0.688. The number of carbonyl (C=O) groups excluding carboxylic acids is 1. The van der Waals surface area contributed by atoms with Crippen molar-refractivity contribution < 1.29 is 9.53 Å². The highest BCUT2D eigenvalue weighted by Gasteiger charge is 2.40. The molecule has 2 fully saturated rings. The molecule has 1 saturated heterocycles. The molecule has 2 nitrogen and oxygen atoms in total. The van der Waals surface area contributed by atoms with Crippen LogP contribution in [0.15, 0.2) is 0 Å². The third-order valence-electron chi connectivity index (χ3n) is 3.72. The Kier molecular flexibility index (Phi) is 2.91. The first-order valence-electron chi connectivity index (χ1n) is 5.91. The minimum Gasteiger partial charge on any atom is -0.367 e. The van der Waals surface area contributed by atoms with E-state index < -0.39 is 5.60 Å². The van der Waals surface area contributed by atoms with Crippen LogP contribution in [0.5, 0.6) is 0 Å². The van der Waals surface area contributed by atoms with E-state index >= 15 is 0 Å². The fourth-order valence-electron chi connectivity index (χ4n) is 2.75. The van der Waals surface area contributed by atoms with Crippen molar-refractivity contribution in [1.82, 2.24) is 0 Å². The second-order valence-corrected chi connectivity index (χ2v) is 4.88. The van der Waals surface area contributed by atoms with Gasteiger partial charge in [0.2, 0.25) is 0 Å². The molecule has 1 saturated carbocycles. The van der Waals surface area contributed by atoms with Crippen molar-refractivity contribution in [1.29, 1.82) is 0 Å². The molecule has 1 aliphatic carbocycles. The van der Waals surface area contributed by atoms with E-state index in [1.807, 2.05) is 6.92 Å². The van der Waals surface area contributed by atoms with Gasteiger partial charge in [-0.25, -0.2) is 0 Å². The Morgan fingerprint density at radius 3 is 2.50 bits per heavy atom. The molecule has 0 aromatic carbocycles. The monoisotopic (exact) mass is 196 g/mol. The maximum atomic E-state index is 12.2. The summed E-state index contributed by atoms with van der Waals surface area (Å²) in [4.78, 5) is 12.2. The van der Waals surface area contributed by atoms with Crippen molar-refractivity contribution in [2.45, 2.75) is 57.5 Å². The van der Waals surface area contributed by atoms with Gasteiger partial charge in [0.05, 0.1) is 0 Å². The van der Waals surface area contributed by atoms with Crippen LogP contribution < -0.4 is 0 Å². The van der Waals surface area contributed by atoms with Gasteiger partial charge in [-0.1, -0.05) is 12.8 Å². The first-order valence-corrected chi connectivity index (χ1v) is 5.91. The number of rotatable bonds is 2. The summed E-state index contributed by atoms with van der Waals surface area (Å²) >= 11 is 0. The van der Waals surface area contributed by atoms with Crippen molar-refractivity contribution in [2.75, 3.05) is 6.61 Å². The van der Waals surface area contributed by atoms with Gasteiger partial charge < -0.3 is 4.74 Å². The van der Waals surface area contributed by atoms with Crippen LogP contribution in [-0.4, -0.2) is 18.0 Å². The van der Waals surface area contributed by atoms with Crippen LogP contribution in [-0.2, 0) is 9.53 Å². The molecule has 1 aliphatic heterocycles. The summed E-state index contributed by atoms with van der Waals surface area (Å²) in [6, 6.07) is 0. The molecule has 80 valence electrons. The lowest BCUT2D eigenvalue weighted by Gasteiger charge is -2.34. The molecule has 0 amide bonds. The van der Waals surface area contributed by atoms with Gasteiger partial charge in [0.25, 0.3) is 0 Å². The van der Waals surface area contributed by atoms with Crippen molar-refractivity contribution in [2.24, 2.45) is 5.92 Å². The molecule has 0 radical (unpaired) electrons. The van der Waals surface area contributed by atoms with Gasteiger partial charge in [-0.2, -0.15) is 0 Å². The van der Waals surface area contributed by atoms with Crippen LogP contribution in [0, 0.1) is 5.92 Å². The van der Waals surface area contributed by atoms with Gasteiger partial charge in [0, 0.05) is 12.5 Å². The minimum absolute atomic E-state index is 0.304. The Labute approximate surface area is 86.0 Å². The van der Waals surface area contributed by atoms with E-state index in [0.717, 1.165) is 38.7 Å². The summed E-state index contributed by atoms with van der Waals surface area (Å²) < 4.78 is 5.69. The van der Waals surface area contributed by atoms with E-state index in [0.29, 0.717) is 11.7 Å². The molecule has 0 N–H and O–H groups in total. The summed E-state index contributed by atoms with van der Waals surface area (Å²) in [5.41, 5.74) is -0.437. The van der Waals surface area contributed by atoms with Crippen LogP contribution in [0.3, 0.4) is 0 Å². The van der Waals surface area contributed by atoms with Gasteiger partial charge in [-0.15, -0.1) is 0 Å². The summed E-state index contributed by atoms with van der Waals surface area (Å²) in [6.45, 7) is 2.77. The zero-order valence-electron chi connectivity index (χ0n) is 9.05. The van der Waals surface area contributed by atoms with E-state index in [2.05, 4.69) is 0 Å². The molecule has 0 aromatic heterocycles. The van der Waals surface area contributed by atoms with Crippen LogP contribution in [0.4, 0.5) is 0 Å². The zero-order valence-corrected chi connectivity index (χ0v) is 9.05. The summed E-state index contributed by atoms with van der Waals surface area (Å²) in [5, 5.41) is 0. The molecule has 14 heavy (non-hydrogen) atoms. The fourth-order valence-corrected chi connectivity index (χ4v) is 2.75. The molecule has 0 aromatic rings. The second kappa shape index (κ2) is 4.01. The first kappa shape index (κ1) is 10.2. The fraction of sp³-hybridized carbons (Fsp3) is 0.917. The largest absolute Gasteiger partial charge is 0.367 e. The topological polar surface area (TPSA) is 26.3 Å². The molecule has 1 atom stereocenters. The minimum atomic E-state index is -0.437. The highest BCUT2D eigenvalue weighted by molar-refractivity contribution is 5.89. The molecule has 0 spiro atoms. The SMILES string of the molecule is CC1(C(=O)C2CCCC2)CCCCO1. The number of Topliss-reactive ketones (excluding diaryl/α,β-unsaturated/α-hetero) is 1. The quantitative estimate of drug-likeness (QED) is 0.678. The maximum Gasteiger partial charge on any atom is 0.167 e. The molecule has 2 rings (SSSR count). The lowest BCUT2D eigenvalue weighted by Crippen LogP contribution is -2.44. The molecule has 2 heteroatoms. The Hall–Kier alpha value is -0.370. The third-order valence-corrected chi connectivity index (χ3v) is 3.72. The van der Waals surface area contributed by atoms with Crippen molar-refractivity contribution in [3.8, 4) is 0 Å². The number of hydrogen-bond donors (Lipinski definition) is 0. The average molecular weight is 196 g/mol. The van der Waals surface area contributed by atoms with E-state index in [4.69, 9.17) is 4.74 Å². The van der Waals surface area contributed by atoms with Crippen molar-refractivity contribution in [3.63, 3.8) is 0 Å². The Morgan fingerprint density at radius 1 is 1.21 bits per heavy atom. The summed E-state index contributed by atoms with van der Waals surface area (Å²) in [7, 11) is 0. The van der Waals surface area contributed by atoms with Crippen molar-refractivity contribution >= 4 is 5.78 Å². The number of ketones is 1. The maximum absolute atomic E-state index is 12.2. The van der Waals surface area contributed by atoms with Crippen LogP contribution >= 0.6 is 0 Å². The highest BCUT2D eigenvalue weighted by Crippen LogP contribution is 2.34. The Morgan fingerprint density at radius 2 is 1.93 bits per heavy atom. The predicted molar refractivity (Wildman–Crippen MR) is 55.2 cm³/mol. The van der Waals surface area contributed by atoms with Gasteiger partial charge in [0.15, 0.2) is 5.78 Å².